The van der Waals surface area contributed by atoms with Gasteiger partial charge in [-0.3, -0.25) is 9.69 Å². The number of fused-ring (bicyclic) bond motifs is 1. The van der Waals surface area contributed by atoms with Gasteiger partial charge in [-0.15, -0.1) is 0 Å². The van der Waals surface area contributed by atoms with Crippen LogP contribution in [0.3, 0.4) is 0 Å². The molecule has 1 amide bonds. The van der Waals surface area contributed by atoms with Crippen molar-refractivity contribution in [3.05, 3.63) is 66.1 Å². The first-order valence-corrected chi connectivity index (χ1v) is 9.95. The van der Waals surface area contributed by atoms with Crippen LogP contribution in [0.5, 0.6) is 17.2 Å². The minimum atomic E-state index is -0.270. The molecule has 0 unspecified atom stereocenters. The van der Waals surface area contributed by atoms with Gasteiger partial charge in [0.05, 0.1) is 49.9 Å². The van der Waals surface area contributed by atoms with Crippen LogP contribution in [-0.2, 0) is 6.54 Å². The molecule has 2 heterocycles. The van der Waals surface area contributed by atoms with E-state index in [9.17, 15) is 4.79 Å². The fraction of sp³-hybridized carbons (Fsp3) is 0.182. The minimum Gasteiger partial charge on any atom is -0.497 e. The van der Waals surface area contributed by atoms with E-state index in [0.29, 0.717) is 33.7 Å². The predicted octanol–water partition coefficient (Wildman–Crippen LogP) is 4.76. The fourth-order valence-electron chi connectivity index (χ4n) is 3.05. The molecular weight excluding hydrogens is 404 g/mol. The maximum atomic E-state index is 13.6. The molecule has 0 spiro atoms. The van der Waals surface area contributed by atoms with Crippen LogP contribution in [0.25, 0.3) is 10.2 Å². The highest BCUT2D eigenvalue weighted by Gasteiger charge is 2.26. The first kappa shape index (κ1) is 19.8. The third-order valence-corrected chi connectivity index (χ3v) is 5.65. The normalized spacial score (nSPS) is 10.8. The summed E-state index contributed by atoms with van der Waals surface area (Å²) in [5, 5.41) is 0.546. The van der Waals surface area contributed by atoms with E-state index in [0.717, 1.165) is 10.2 Å². The molecule has 0 radical (unpaired) electrons. The Morgan fingerprint density at radius 2 is 1.80 bits per heavy atom. The number of ether oxygens (including phenoxy) is 3. The zero-order valence-electron chi connectivity index (χ0n) is 16.7. The van der Waals surface area contributed by atoms with Crippen molar-refractivity contribution in [3.8, 4) is 17.2 Å². The molecule has 4 aromatic rings. The Labute approximate surface area is 177 Å². The quantitative estimate of drug-likeness (QED) is 0.426. The molecule has 2 aromatic heterocycles. The number of furan rings is 1. The molecule has 2 aromatic carbocycles. The van der Waals surface area contributed by atoms with Gasteiger partial charge in [-0.25, -0.2) is 4.98 Å². The lowest BCUT2D eigenvalue weighted by Gasteiger charge is -2.20. The SMILES string of the molecule is COc1ccc(OC)c(C(=O)N(Cc2ccco2)c2nc3cc(OC)ccc3s2)c1. The summed E-state index contributed by atoms with van der Waals surface area (Å²) in [6, 6.07) is 14.4. The maximum Gasteiger partial charge on any atom is 0.264 e. The number of amides is 1. The van der Waals surface area contributed by atoms with Crippen LogP contribution in [0.2, 0.25) is 0 Å². The first-order chi connectivity index (χ1) is 14.6. The van der Waals surface area contributed by atoms with E-state index >= 15 is 0 Å². The Morgan fingerprint density at radius 1 is 1.03 bits per heavy atom. The number of hydrogen-bond acceptors (Lipinski definition) is 7. The Balaban J connectivity index is 1.80. The van der Waals surface area contributed by atoms with Crippen LogP contribution in [0.4, 0.5) is 5.13 Å². The molecular formula is C22H20N2O5S. The van der Waals surface area contributed by atoms with Gasteiger partial charge in [0.15, 0.2) is 5.13 Å². The number of carbonyl (C=O) groups is 1. The average molecular weight is 424 g/mol. The third-order valence-electron chi connectivity index (χ3n) is 4.59. The summed E-state index contributed by atoms with van der Waals surface area (Å²) in [6.07, 6.45) is 1.58. The second-order valence-corrected chi connectivity index (χ2v) is 7.38. The van der Waals surface area contributed by atoms with Gasteiger partial charge in [0.25, 0.3) is 5.91 Å². The molecule has 0 aliphatic rings. The number of thiazole rings is 1. The number of anilines is 1. The molecule has 0 saturated carbocycles. The number of aromatic nitrogens is 1. The zero-order valence-corrected chi connectivity index (χ0v) is 17.6. The van der Waals surface area contributed by atoms with Gasteiger partial charge in [-0.2, -0.15) is 0 Å². The van der Waals surface area contributed by atoms with Crippen LogP contribution in [-0.4, -0.2) is 32.2 Å². The molecule has 0 N–H and O–H groups in total. The summed E-state index contributed by atoms with van der Waals surface area (Å²) in [4.78, 5) is 19.9. The molecule has 0 aliphatic carbocycles. The molecule has 0 fully saturated rings. The lowest BCUT2D eigenvalue weighted by molar-refractivity contribution is 0.0980. The average Bonchev–Trinajstić information content (AvgIpc) is 3.45. The van der Waals surface area contributed by atoms with Gasteiger partial charge in [-0.05, 0) is 42.5 Å². The standard InChI is InChI=1S/C22H20N2O5S/c1-26-14-6-8-19(28-3)17(11-14)21(25)24(13-16-5-4-10-29-16)22-23-18-12-15(27-2)7-9-20(18)30-22/h4-12H,13H2,1-3H3. The van der Waals surface area contributed by atoms with Crippen molar-refractivity contribution in [2.45, 2.75) is 6.54 Å². The van der Waals surface area contributed by atoms with Gasteiger partial charge in [0.1, 0.15) is 23.0 Å². The minimum absolute atomic E-state index is 0.225. The molecule has 0 atom stereocenters. The topological polar surface area (TPSA) is 74.0 Å². The molecule has 30 heavy (non-hydrogen) atoms. The van der Waals surface area contributed by atoms with Crippen molar-refractivity contribution in [1.29, 1.82) is 0 Å². The van der Waals surface area contributed by atoms with Crippen LogP contribution in [0.15, 0.2) is 59.2 Å². The summed E-state index contributed by atoms with van der Waals surface area (Å²) in [7, 11) is 4.69. The second kappa shape index (κ2) is 8.46. The van der Waals surface area contributed by atoms with Crippen LogP contribution >= 0.6 is 11.3 Å². The summed E-state index contributed by atoms with van der Waals surface area (Å²) < 4.78 is 22.4. The van der Waals surface area contributed by atoms with Gasteiger partial charge in [-0.1, -0.05) is 11.3 Å². The van der Waals surface area contributed by atoms with E-state index in [-0.39, 0.29) is 12.5 Å². The monoisotopic (exact) mass is 424 g/mol. The predicted molar refractivity (Wildman–Crippen MR) is 115 cm³/mol. The van der Waals surface area contributed by atoms with Gasteiger partial charge in [0.2, 0.25) is 0 Å². The third kappa shape index (κ3) is 3.81. The highest BCUT2D eigenvalue weighted by molar-refractivity contribution is 7.22. The van der Waals surface area contributed by atoms with Crippen molar-refractivity contribution in [2.75, 3.05) is 26.2 Å². The number of hydrogen-bond donors (Lipinski definition) is 0. The van der Waals surface area contributed by atoms with Crippen molar-refractivity contribution in [2.24, 2.45) is 0 Å². The molecule has 4 rings (SSSR count). The Morgan fingerprint density at radius 3 is 2.50 bits per heavy atom. The van der Waals surface area contributed by atoms with Crippen LogP contribution in [0.1, 0.15) is 16.1 Å². The van der Waals surface area contributed by atoms with E-state index in [4.69, 9.17) is 18.6 Å². The summed E-state index contributed by atoms with van der Waals surface area (Å²) in [5.41, 5.74) is 1.13. The largest absolute Gasteiger partial charge is 0.497 e. The number of carbonyl (C=O) groups excluding carboxylic acids is 1. The lowest BCUT2D eigenvalue weighted by Crippen LogP contribution is -2.30. The highest BCUT2D eigenvalue weighted by atomic mass is 32.1. The van der Waals surface area contributed by atoms with E-state index in [1.807, 2.05) is 24.3 Å². The van der Waals surface area contributed by atoms with Gasteiger partial charge >= 0.3 is 0 Å². The first-order valence-electron chi connectivity index (χ1n) is 9.13. The van der Waals surface area contributed by atoms with E-state index in [2.05, 4.69) is 4.98 Å². The molecule has 154 valence electrons. The van der Waals surface area contributed by atoms with Crippen molar-refractivity contribution in [1.82, 2.24) is 4.98 Å². The molecule has 0 saturated heterocycles. The second-order valence-electron chi connectivity index (χ2n) is 6.37. The lowest BCUT2D eigenvalue weighted by atomic mass is 10.1. The molecule has 7 nitrogen and oxygen atoms in total. The Hall–Kier alpha value is -3.52. The Kier molecular flexibility index (Phi) is 5.58. The van der Waals surface area contributed by atoms with Crippen LogP contribution in [0, 0.1) is 0 Å². The molecule has 8 heteroatoms. The number of methoxy groups -OCH3 is 3. The van der Waals surface area contributed by atoms with Gasteiger partial charge < -0.3 is 18.6 Å². The maximum absolute atomic E-state index is 13.6. The van der Waals surface area contributed by atoms with Crippen molar-refractivity contribution in [3.63, 3.8) is 0 Å². The summed E-state index contributed by atoms with van der Waals surface area (Å²) in [5.74, 6) is 2.09. The van der Waals surface area contributed by atoms with Crippen molar-refractivity contribution >= 4 is 32.6 Å². The number of nitrogens with zero attached hydrogens (tertiary/aromatic N) is 2. The van der Waals surface area contributed by atoms with Crippen molar-refractivity contribution < 1.29 is 23.4 Å². The fourth-order valence-corrected chi connectivity index (χ4v) is 3.99. The number of rotatable bonds is 7. The summed E-state index contributed by atoms with van der Waals surface area (Å²) >= 11 is 1.42. The zero-order chi connectivity index (χ0) is 21.1. The van der Waals surface area contributed by atoms with E-state index < -0.39 is 0 Å². The van der Waals surface area contributed by atoms with E-state index in [1.54, 1.807) is 49.6 Å². The Bertz CT molecular complexity index is 1170. The molecule has 0 aliphatic heterocycles. The van der Waals surface area contributed by atoms with Gasteiger partial charge in [0, 0.05) is 6.07 Å². The molecule has 0 bridgehead atoms. The number of benzene rings is 2. The van der Waals surface area contributed by atoms with E-state index in [1.165, 1.54) is 18.4 Å². The summed E-state index contributed by atoms with van der Waals surface area (Å²) in [6.45, 7) is 0.225. The smallest absolute Gasteiger partial charge is 0.264 e. The highest BCUT2D eigenvalue weighted by Crippen LogP contribution is 2.34. The van der Waals surface area contributed by atoms with Crippen LogP contribution < -0.4 is 19.1 Å².